The van der Waals surface area contributed by atoms with Gasteiger partial charge in [-0.25, -0.2) is 8.42 Å². The Balaban J connectivity index is 1.83. The Kier molecular flexibility index (Phi) is 6.42. The van der Waals surface area contributed by atoms with E-state index < -0.39 is 10.0 Å². The third kappa shape index (κ3) is 4.99. The highest BCUT2D eigenvalue weighted by Gasteiger charge is 2.18. The van der Waals surface area contributed by atoms with Crippen molar-refractivity contribution in [2.75, 3.05) is 16.6 Å². The molecule has 30 heavy (non-hydrogen) atoms. The predicted octanol–water partition coefficient (Wildman–Crippen LogP) is 4.76. The normalized spacial score (nSPS) is 11.0. The van der Waals surface area contributed by atoms with E-state index in [-0.39, 0.29) is 10.8 Å². The average Bonchev–Trinajstić information content (AvgIpc) is 2.71. The van der Waals surface area contributed by atoms with Gasteiger partial charge in [0.05, 0.1) is 17.2 Å². The fraction of sp³-hybridized carbons (Fsp3) is 0.174. The van der Waals surface area contributed by atoms with E-state index in [0.29, 0.717) is 34.9 Å². The number of rotatable bonds is 7. The molecule has 1 amide bonds. The summed E-state index contributed by atoms with van der Waals surface area (Å²) in [7, 11) is -3.78. The van der Waals surface area contributed by atoms with Crippen LogP contribution in [0.15, 0.2) is 71.6 Å². The number of para-hydroxylation sites is 2. The first-order valence-electron chi connectivity index (χ1n) is 9.53. The summed E-state index contributed by atoms with van der Waals surface area (Å²) in [5, 5.41) is 2.81. The summed E-state index contributed by atoms with van der Waals surface area (Å²) in [5.74, 6) is 0.204. The van der Waals surface area contributed by atoms with Crippen molar-refractivity contribution in [2.24, 2.45) is 0 Å². The molecule has 0 bridgehead atoms. The number of anilines is 2. The molecule has 0 saturated heterocycles. The fourth-order valence-corrected chi connectivity index (χ4v) is 4.36. The van der Waals surface area contributed by atoms with Crippen LogP contribution in [0.2, 0.25) is 0 Å². The Hall–Kier alpha value is -3.32. The first-order valence-corrected chi connectivity index (χ1v) is 11.0. The first-order chi connectivity index (χ1) is 14.3. The maximum atomic E-state index is 12.8. The van der Waals surface area contributed by atoms with Crippen molar-refractivity contribution in [1.82, 2.24) is 0 Å². The van der Waals surface area contributed by atoms with Gasteiger partial charge in [-0.15, -0.1) is 0 Å². The van der Waals surface area contributed by atoms with E-state index in [2.05, 4.69) is 10.0 Å². The molecular formula is C23H24N2O4S. The number of amides is 1. The molecule has 0 unspecified atom stereocenters. The average molecular weight is 425 g/mol. The van der Waals surface area contributed by atoms with Gasteiger partial charge in [-0.3, -0.25) is 9.52 Å². The lowest BCUT2D eigenvalue weighted by molar-refractivity contribution is 0.102. The van der Waals surface area contributed by atoms with E-state index in [9.17, 15) is 13.2 Å². The molecule has 0 saturated carbocycles. The number of aryl methyl sites for hydroxylation is 2. The third-order valence-corrected chi connectivity index (χ3v) is 5.97. The second-order valence-electron chi connectivity index (χ2n) is 6.84. The molecule has 0 spiro atoms. The van der Waals surface area contributed by atoms with Crippen molar-refractivity contribution in [3.8, 4) is 5.75 Å². The van der Waals surface area contributed by atoms with Crippen molar-refractivity contribution < 1.29 is 17.9 Å². The number of ether oxygens (including phenoxy) is 1. The maximum Gasteiger partial charge on any atom is 0.262 e. The third-order valence-electron chi connectivity index (χ3n) is 4.45. The SMILES string of the molecule is CCOc1ccccc1NC(=O)c1cccc(NS(=O)(=O)c2cc(C)ccc2C)c1. The summed E-state index contributed by atoms with van der Waals surface area (Å²) in [6, 6.07) is 18.7. The van der Waals surface area contributed by atoms with Crippen LogP contribution in [0.4, 0.5) is 11.4 Å². The predicted molar refractivity (Wildman–Crippen MR) is 119 cm³/mol. The van der Waals surface area contributed by atoms with Gasteiger partial charge in [0.25, 0.3) is 15.9 Å². The van der Waals surface area contributed by atoms with Gasteiger partial charge in [0.2, 0.25) is 0 Å². The lowest BCUT2D eigenvalue weighted by atomic mass is 10.2. The molecule has 3 rings (SSSR count). The lowest BCUT2D eigenvalue weighted by Gasteiger charge is -2.13. The van der Waals surface area contributed by atoms with E-state index in [1.54, 1.807) is 55.5 Å². The van der Waals surface area contributed by atoms with E-state index in [0.717, 1.165) is 5.56 Å². The fourth-order valence-electron chi connectivity index (χ4n) is 2.98. The zero-order chi connectivity index (χ0) is 21.7. The highest BCUT2D eigenvalue weighted by atomic mass is 32.2. The van der Waals surface area contributed by atoms with Crippen LogP contribution in [0.1, 0.15) is 28.4 Å². The van der Waals surface area contributed by atoms with Crippen LogP contribution in [0, 0.1) is 13.8 Å². The number of carbonyl (C=O) groups excluding carboxylic acids is 1. The van der Waals surface area contributed by atoms with Crippen molar-refractivity contribution in [2.45, 2.75) is 25.7 Å². The Bertz CT molecular complexity index is 1170. The molecule has 0 aliphatic rings. The standard InChI is InChI=1S/C23H24N2O4S/c1-4-29-21-11-6-5-10-20(21)24-23(26)18-8-7-9-19(15-18)25-30(27,28)22-14-16(2)12-13-17(22)3/h5-15,25H,4H2,1-3H3,(H,24,26). The molecule has 2 N–H and O–H groups in total. The van der Waals surface area contributed by atoms with Crippen molar-refractivity contribution in [3.63, 3.8) is 0 Å². The summed E-state index contributed by atoms with van der Waals surface area (Å²) in [6.45, 7) is 5.92. The monoisotopic (exact) mass is 424 g/mol. The van der Waals surface area contributed by atoms with Crippen LogP contribution in [0.25, 0.3) is 0 Å². The Morgan fingerprint density at radius 1 is 0.967 bits per heavy atom. The van der Waals surface area contributed by atoms with E-state index in [1.807, 2.05) is 26.0 Å². The molecule has 3 aromatic rings. The number of carbonyl (C=O) groups is 1. The minimum absolute atomic E-state index is 0.211. The van der Waals surface area contributed by atoms with E-state index in [1.165, 1.54) is 6.07 Å². The van der Waals surface area contributed by atoms with Crippen LogP contribution < -0.4 is 14.8 Å². The van der Waals surface area contributed by atoms with E-state index in [4.69, 9.17) is 4.74 Å². The molecule has 3 aromatic carbocycles. The zero-order valence-corrected chi connectivity index (χ0v) is 17.9. The maximum absolute atomic E-state index is 12.8. The molecular weight excluding hydrogens is 400 g/mol. The van der Waals surface area contributed by atoms with Gasteiger partial charge in [-0.05, 0) is 68.3 Å². The first kappa shape index (κ1) is 21.4. The van der Waals surface area contributed by atoms with Crippen molar-refractivity contribution in [1.29, 1.82) is 0 Å². The highest BCUT2D eigenvalue weighted by molar-refractivity contribution is 7.92. The summed E-state index contributed by atoms with van der Waals surface area (Å²) in [6.07, 6.45) is 0. The molecule has 0 aliphatic carbocycles. The molecule has 7 heteroatoms. The van der Waals surface area contributed by atoms with Gasteiger partial charge in [-0.1, -0.05) is 30.3 Å². The molecule has 6 nitrogen and oxygen atoms in total. The Morgan fingerprint density at radius 3 is 2.50 bits per heavy atom. The second-order valence-corrected chi connectivity index (χ2v) is 8.49. The number of hydrogen-bond donors (Lipinski definition) is 2. The molecule has 156 valence electrons. The van der Waals surface area contributed by atoms with Gasteiger partial charge in [0.15, 0.2) is 0 Å². The summed E-state index contributed by atoms with van der Waals surface area (Å²) >= 11 is 0. The number of benzene rings is 3. The van der Waals surface area contributed by atoms with E-state index >= 15 is 0 Å². The van der Waals surface area contributed by atoms with Gasteiger partial charge in [0, 0.05) is 11.3 Å². The molecule has 0 fully saturated rings. The second kappa shape index (κ2) is 9.00. The Labute approximate surface area is 177 Å². The summed E-state index contributed by atoms with van der Waals surface area (Å²) < 4.78 is 33.8. The quantitative estimate of drug-likeness (QED) is 0.573. The molecule has 0 aromatic heterocycles. The summed E-state index contributed by atoms with van der Waals surface area (Å²) in [5.41, 5.74) is 2.67. The van der Waals surface area contributed by atoms with Crippen LogP contribution >= 0.6 is 0 Å². The molecule has 0 atom stereocenters. The molecule has 0 radical (unpaired) electrons. The van der Waals surface area contributed by atoms with Crippen molar-refractivity contribution >= 4 is 27.3 Å². The number of nitrogens with one attached hydrogen (secondary N) is 2. The number of sulfonamides is 1. The minimum Gasteiger partial charge on any atom is -0.492 e. The van der Waals surface area contributed by atoms with Crippen molar-refractivity contribution in [3.05, 3.63) is 83.4 Å². The highest BCUT2D eigenvalue weighted by Crippen LogP contribution is 2.25. The van der Waals surface area contributed by atoms with Gasteiger partial charge in [0.1, 0.15) is 5.75 Å². The van der Waals surface area contributed by atoms with Gasteiger partial charge < -0.3 is 10.1 Å². The zero-order valence-electron chi connectivity index (χ0n) is 17.1. The van der Waals surface area contributed by atoms with Gasteiger partial charge in [-0.2, -0.15) is 0 Å². The van der Waals surface area contributed by atoms with Crippen LogP contribution in [0.5, 0.6) is 5.75 Å². The minimum atomic E-state index is -3.78. The molecule has 0 heterocycles. The molecule has 0 aliphatic heterocycles. The smallest absolute Gasteiger partial charge is 0.262 e. The van der Waals surface area contributed by atoms with Crippen LogP contribution in [-0.2, 0) is 10.0 Å². The van der Waals surface area contributed by atoms with Gasteiger partial charge >= 0.3 is 0 Å². The largest absolute Gasteiger partial charge is 0.492 e. The lowest BCUT2D eigenvalue weighted by Crippen LogP contribution is -2.16. The van der Waals surface area contributed by atoms with Crippen LogP contribution in [0.3, 0.4) is 0 Å². The van der Waals surface area contributed by atoms with Crippen LogP contribution in [-0.4, -0.2) is 20.9 Å². The Morgan fingerprint density at radius 2 is 1.73 bits per heavy atom. The topological polar surface area (TPSA) is 84.5 Å². The number of hydrogen-bond acceptors (Lipinski definition) is 4. The summed E-state index contributed by atoms with van der Waals surface area (Å²) in [4.78, 5) is 12.9.